The molecule has 0 bridgehead atoms. The first kappa shape index (κ1) is 19.3. The topological polar surface area (TPSA) is 71.1 Å². The zero-order valence-electron chi connectivity index (χ0n) is 16.2. The monoisotopic (exact) mass is 373 g/mol. The normalized spacial score (nSPS) is 10.6. The molecule has 1 aromatic heterocycles. The van der Waals surface area contributed by atoms with Crippen molar-refractivity contribution in [3.8, 4) is 11.3 Å². The van der Waals surface area contributed by atoms with Gasteiger partial charge < -0.3 is 10.6 Å². The smallest absolute Gasteiger partial charge is 0.257 e. The fourth-order valence-corrected chi connectivity index (χ4v) is 2.89. The molecule has 1 heterocycles. The minimum absolute atomic E-state index is 0.00762. The Balaban J connectivity index is 1.83. The first-order valence-electron chi connectivity index (χ1n) is 9.20. The van der Waals surface area contributed by atoms with Crippen LogP contribution in [0.4, 0.5) is 5.69 Å². The summed E-state index contributed by atoms with van der Waals surface area (Å²) in [6.07, 6.45) is 0. The second-order valence-corrected chi connectivity index (χ2v) is 6.82. The zero-order valence-corrected chi connectivity index (χ0v) is 16.2. The molecule has 5 heteroatoms. The lowest BCUT2D eigenvalue weighted by atomic mass is 10.1. The van der Waals surface area contributed by atoms with Crippen LogP contribution in [-0.2, 0) is 0 Å². The van der Waals surface area contributed by atoms with E-state index in [0.29, 0.717) is 22.5 Å². The van der Waals surface area contributed by atoms with Crippen LogP contribution in [0.3, 0.4) is 0 Å². The van der Waals surface area contributed by atoms with Gasteiger partial charge in [-0.2, -0.15) is 0 Å². The Kier molecular flexibility index (Phi) is 5.84. The summed E-state index contributed by atoms with van der Waals surface area (Å²) in [5.74, 6) is -0.519. The van der Waals surface area contributed by atoms with Gasteiger partial charge >= 0.3 is 0 Å². The minimum Gasteiger partial charge on any atom is -0.350 e. The number of amides is 2. The van der Waals surface area contributed by atoms with Crippen molar-refractivity contribution < 1.29 is 9.59 Å². The largest absolute Gasteiger partial charge is 0.350 e. The minimum atomic E-state index is -0.297. The maximum atomic E-state index is 12.8. The SMILES string of the molecule is Cc1nc(-c2ccccc2)ccc1C(=O)Nc1ccccc1C(=O)NC(C)C. The predicted octanol–water partition coefficient (Wildman–Crippen LogP) is 4.45. The number of anilines is 1. The van der Waals surface area contributed by atoms with Crippen molar-refractivity contribution >= 4 is 17.5 Å². The zero-order chi connectivity index (χ0) is 20.1. The van der Waals surface area contributed by atoms with E-state index in [1.165, 1.54) is 0 Å². The van der Waals surface area contributed by atoms with Gasteiger partial charge in [0.05, 0.1) is 28.2 Å². The van der Waals surface area contributed by atoms with E-state index in [9.17, 15) is 9.59 Å². The third-order valence-corrected chi connectivity index (χ3v) is 4.24. The third-order valence-electron chi connectivity index (χ3n) is 4.24. The number of hydrogen-bond acceptors (Lipinski definition) is 3. The number of para-hydroxylation sites is 1. The van der Waals surface area contributed by atoms with Crippen molar-refractivity contribution in [2.75, 3.05) is 5.32 Å². The lowest BCUT2D eigenvalue weighted by Crippen LogP contribution is -2.31. The average Bonchev–Trinajstić information content (AvgIpc) is 2.68. The maximum Gasteiger partial charge on any atom is 0.257 e. The lowest BCUT2D eigenvalue weighted by Gasteiger charge is -2.14. The molecule has 0 radical (unpaired) electrons. The van der Waals surface area contributed by atoms with E-state index in [0.717, 1.165) is 11.3 Å². The second-order valence-electron chi connectivity index (χ2n) is 6.82. The van der Waals surface area contributed by atoms with E-state index in [2.05, 4.69) is 15.6 Å². The highest BCUT2D eigenvalue weighted by atomic mass is 16.2. The van der Waals surface area contributed by atoms with Crippen molar-refractivity contribution in [2.24, 2.45) is 0 Å². The van der Waals surface area contributed by atoms with Crippen LogP contribution in [0.25, 0.3) is 11.3 Å². The molecular formula is C23H23N3O2. The van der Waals surface area contributed by atoms with E-state index in [4.69, 9.17) is 0 Å². The van der Waals surface area contributed by atoms with Gasteiger partial charge in [-0.15, -0.1) is 0 Å². The van der Waals surface area contributed by atoms with E-state index in [-0.39, 0.29) is 17.9 Å². The van der Waals surface area contributed by atoms with Crippen LogP contribution in [0.5, 0.6) is 0 Å². The van der Waals surface area contributed by atoms with Crippen LogP contribution in [0, 0.1) is 6.92 Å². The number of nitrogens with zero attached hydrogens (tertiary/aromatic N) is 1. The molecule has 0 aliphatic rings. The fraction of sp³-hybridized carbons (Fsp3) is 0.174. The van der Waals surface area contributed by atoms with Crippen LogP contribution in [-0.4, -0.2) is 22.8 Å². The Morgan fingerprint density at radius 3 is 2.18 bits per heavy atom. The Morgan fingerprint density at radius 1 is 0.821 bits per heavy atom. The Hall–Kier alpha value is -3.47. The Labute approximate surface area is 164 Å². The number of aromatic nitrogens is 1. The number of benzene rings is 2. The molecule has 0 unspecified atom stereocenters. The molecule has 2 aromatic carbocycles. The first-order valence-corrected chi connectivity index (χ1v) is 9.20. The molecule has 3 rings (SSSR count). The van der Waals surface area contributed by atoms with Crippen LogP contribution in [0.15, 0.2) is 66.7 Å². The summed E-state index contributed by atoms with van der Waals surface area (Å²) < 4.78 is 0. The van der Waals surface area contributed by atoms with Crippen molar-refractivity contribution in [2.45, 2.75) is 26.8 Å². The Morgan fingerprint density at radius 2 is 1.50 bits per heavy atom. The molecule has 5 nitrogen and oxygen atoms in total. The van der Waals surface area contributed by atoms with Gasteiger partial charge in [-0.25, -0.2) is 0 Å². The van der Waals surface area contributed by atoms with Gasteiger partial charge in [-0.05, 0) is 45.0 Å². The summed E-state index contributed by atoms with van der Waals surface area (Å²) in [5.41, 5.74) is 3.80. The van der Waals surface area contributed by atoms with E-state index < -0.39 is 0 Å². The first-order chi connectivity index (χ1) is 13.5. The van der Waals surface area contributed by atoms with Crippen molar-refractivity contribution in [1.82, 2.24) is 10.3 Å². The summed E-state index contributed by atoms with van der Waals surface area (Å²) in [6, 6.07) is 20.4. The highest BCUT2D eigenvalue weighted by molar-refractivity contribution is 6.09. The van der Waals surface area contributed by atoms with Crippen LogP contribution in [0.2, 0.25) is 0 Å². The molecule has 0 saturated carbocycles. The van der Waals surface area contributed by atoms with Crippen LogP contribution < -0.4 is 10.6 Å². The third kappa shape index (κ3) is 4.43. The molecule has 2 amide bonds. The highest BCUT2D eigenvalue weighted by Crippen LogP contribution is 2.21. The average molecular weight is 373 g/mol. The van der Waals surface area contributed by atoms with Crippen LogP contribution >= 0.6 is 0 Å². The number of nitrogens with one attached hydrogen (secondary N) is 2. The maximum absolute atomic E-state index is 12.8. The van der Waals surface area contributed by atoms with Gasteiger partial charge in [0.1, 0.15) is 0 Å². The number of aryl methyl sites for hydroxylation is 1. The fourth-order valence-electron chi connectivity index (χ4n) is 2.89. The molecule has 0 spiro atoms. The van der Waals surface area contributed by atoms with Crippen LogP contribution in [0.1, 0.15) is 40.3 Å². The second kappa shape index (κ2) is 8.48. The number of rotatable bonds is 5. The summed E-state index contributed by atoms with van der Waals surface area (Å²) in [7, 11) is 0. The summed E-state index contributed by atoms with van der Waals surface area (Å²) in [5, 5.41) is 5.69. The highest BCUT2D eigenvalue weighted by Gasteiger charge is 2.16. The number of hydrogen-bond donors (Lipinski definition) is 2. The molecule has 142 valence electrons. The van der Waals surface area contributed by atoms with Gasteiger partial charge in [-0.3, -0.25) is 14.6 Å². The quantitative estimate of drug-likeness (QED) is 0.694. The van der Waals surface area contributed by atoms with E-state index in [1.54, 1.807) is 37.3 Å². The summed E-state index contributed by atoms with van der Waals surface area (Å²) in [4.78, 5) is 29.7. The van der Waals surface area contributed by atoms with Gasteiger partial charge in [0.15, 0.2) is 0 Å². The van der Waals surface area contributed by atoms with Crippen molar-refractivity contribution in [3.63, 3.8) is 0 Å². The van der Waals surface area contributed by atoms with Crippen molar-refractivity contribution in [1.29, 1.82) is 0 Å². The molecule has 0 aliphatic heterocycles. The molecule has 28 heavy (non-hydrogen) atoms. The molecule has 3 aromatic rings. The van der Waals surface area contributed by atoms with E-state index in [1.807, 2.05) is 50.2 Å². The summed E-state index contributed by atoms with van der Waals surface area (Å²) in [6.45, 7) is 5.59. The number of carbonyl (C=O) groups excluding carboxylic acids is 2. The standard InChI is InChI=1S/C23H23N3O2/c1-15(2)24-23(28)19-11-7-8-12-21(19)26-22(27)18-13-14-20(25-16(18)3)17-9-5-4-6-10-17/h4-15H,1-3H3,(H,24,28)(H,26,27). The Bertz CT molecular complexity index is 998. The van der Waals surface area contributed by atoms with Gasteiger partial charge in [0.25, 0.3) is 11.8 Å². The molecule has 0 saturated heterocycles. The summed E-state index contributed by atoms with van der Waals surface area (Å²) >= 11 is 0. The molecule has 0 fully saturated rings. The lowest BCUT2D eigenvalue weighted by molar-refractivity contribution is 0.0944. The molecular weight excluding hydrogens is 350 g/mol. The number of pyridine rings is 1. The molecule has 0 atom stereocenters. The molecule has 2 N–H and O–H groups in total. The van der Waals surface area contributed by atoms with Gasteiger partial charge in [0.2, 0.25) is 0 Å². The molecule has 0 aliphatic carbocycles. The van der Waals surface area contributed by atoms with E-state index >= 15 is 0 Å². The van der Waals surface area contributed by atoms with Crippen molar-refractivity contribution in [3.05, 3.63) is 83.6 Å². The predicted molar refractivity (Wildman–Crippen MR) is 111 cm³/mol. The van der Waals surface area contributed by atoms with Gasteiger partial charge in [0, 0.05) is 11.6 Å². The van der Waals surface area contributed by atoms with Gasteiger partial charge in [-0.1, -0.05) is 42.5 Å². The number of carbonyl (C=O) groups is 2.